The predicted octanol–water partition coefficient (Wildman–Crippen LogP) is 3.05. The van der Waals surface area contributed by atoms with Crippen LogP contribution in [0.25, 0.3) is 0 Å². The van der Waals surface area contributed by atoms with E-state index in [2.05, 4.69) is 15.4 Å². The van der Waals surface area contributed by atoms with Crippen molar-refractivity contribution in [2.45, 2.75) is 13.0 Å². The lowest BCUT2D eigenvalue weighted by molar-refractivity contribution is -0.119. The number of hydrogen-bond acceptors (Lipinski definition) is 4. The van der Waals surface area contributed by atoms with Crippen molar-refractivity contribution in [3.05, 3.63) is 54.1 Å². The Labute approximate surface area is 149 Å². The van der Waals surface area contributed by atoms with Gasteiger partial charge in [0.05, 0.1) is 6.42 Å². The maximum Gasteiger partial charge on any atom is 0.387 e. The van der Waals surface area contributed by atoms with Crippen LogP contribution < -0.4 is 15.4 Å². The van der Waals surface area contributed by atoms with Gasteiger partial charge in [0.2, 0.25) is 11.8 Å². The second kappa shape index (κ2) is 9.47. The number of rotatable bonds is 8. The molecule has 2 amide bonds. The van der Waals surface area contributed by atoms with Gasteiger partial charge in [0.25, 0.3) is 0 Å². The lowest BCUT2D eigenvalue weighted by Crippen LogP contribution is -2.17. The van der Waals surface area contributed by atoms with Crippen molar-refractivity contribution in [3.63, 3.8) is 0 Å². The Morgan fingerprint density at radius 2 is 1.46 bits per heavy atom. The number of halogens is 2. The van der Waals surface area contributed by atoms with Crippen LogP contribution in [0.3, 0.4) is 0 Å². The first kappa shape index (κ1) is 19.3. The second-order valence-corrected chi connectivity index (χ2v) is 5.31. The van der Waals surface area contributed by atoms with Gasteiger partial charge in [-0.25, -0.2) is 0 Å². The smallest absolute Gasteiger partial charge is 0.387 e. The van der Waals surface area contributed by atoms with Crippen LogP contribution in [-0.2, 0) is 20.7 Å². The van der Waals surface area contributed by atoms with E-state index in [0.29, 0.717) is 16.9 Å². The topological polar surface area (TPSA) is 76.7 Å². The Balaban J connectivity index is 1.86. The maximum absolute atomic E-state index is 12.1. The third-order valence-electron chi connectivity index (χ3n) is 3.24. The van der Waals surface area contributed by atoms with E-state index in [1.807, 2.05) is 0 Å². The fourth-order valence-electron chi connectivity index (χ4n) is 2.14. The Bertz CT molecular complexity index is 734. The van der Waals surface area contributed by atoms with Crippen LogP contribution in [0.4, 0.5) is 20.2 Å². The van der Waals surface area contributed by atoms with Crippen LogP contribution in [0.1, 0.15) is 5.56 Å². The fourth-order valence-corrected chi connectivity index (χ4v) is 2.14. The summed E-state index contributed by atoms with van der Waals surface area (Å²) in [6.07, 6.45) is 0.0846. The number of nitrogens with one attached hydrogen (secondary N) is 2. The zero-order chi connectivity index (χ0) is 18.9. The molecule has 0 heterocycles. The van der Waals surface area contributed by atoms with Crippen LogP contribution in [0.5, 0.6) is 5.75 Å². The van der Waals surface area contributed by atoms with Crippen LogP contribution in [0, 0.1) is 0 Å². The van der Waals surface area contributed by atoms with Gasteiger partial charge in [-0.1, -0.05) is 12.1 Å². The molecule has 0 fully saturated rings. The van der Waals surface area contributed by atoms with Crippen molar-refractivity contribution in [3.8, 4) is 5.75 Å². The molecule has 0 aliphatic heterocycles. The Morgan fingerprint density at radius 1 is 0.923 bits per heavy atom. The highest BCUT2D eigenvalue weighted by atomic mass is 19.3. The van der Waals surface area contributed by atoms with E-state index >= 15 is 0 Å². The molecule has 26 heavy (non-hydrogen) atoms. The number of hydrogen-bond donors (Lipinski definition) is 2. The summed E-state index contributed by atoms with van der Waals surface area (Å²) in [4.78, 5) is 23.4. The van der Waals surface area contributed by atoms with E-state index in [1.165, 1.54) is 19.2 Å². The molecule has 0 aliphatic rings. The molecule has 6 nitrogen and oxygen atoms in total. The van der Waals surface area contributed by atoms with Crippen LogP contribution in [-0.4, -0.2) is 32.1 Å². The molecular formula is C18H18F2N2O4. The van der Waals surface area contributed by atoms with Gasteiger partial charge < -0.3 is 20.1 Å². The van der Waals surface area contributed by atoms with Crippen molar-refractivity contribution >= 4 is 23.2 Å². The molecule has 0 radical (unpaired) electrons. The number of anilines is 2. The highest BCUT2D eigenvalue weighted by molar-refractivity contribution is 5.94. The summed E-state index contributed by atoms with van der Waals surface area (Å²) in [7, 11) is 1.43. The van der Waals surface area contributed by atoms with Crippen molar-refractivity contribution in [2.24, 2.45) is 0 Å². The SMILES string of the molecule is COCC(=O)Nc1ccc(NC(=O)Cc2ccc(OC(F)F)cc2)cc1. The van der Waals surface area contributed by atoms with E-state index < -0.39 is 6.61 Å². The number of ether oxygens (including phenoxy) is 2. The highest BCUT2D eigenvalue weighted by Crippen LogP contribution is 2.17. The van der Waals surface area contributed by atoms with Crippen molar-refractivity contribution in [1.82, 2.24) is 0 Å². The van der Waals surface area contributed by atoms with Gasteiger partial charge in [0, 0.05) is 18.5 Å². The number of carbonyl (C=O) groups excluding carboxylic acids is 2. The largest absolute Gasteiger partial charge is 0.435 e. The molecule has 2 rings (SSSR count). The van der Waals surface area contributed by atoms with Gasteiger partial charge in [-0.15, -0.1) is 0 Å². The molecular weight excluding hydrogens is 346 g/mol. The molecule has 0 bridgehead atoms. The predicted molar refractivity (Wildman–Crippen MR) is 92.4 cm³/mol. The van der Waals surface area contributed by atoms with Crippen LogP contribution >= 0.6 is 0 Å². The molecule has 2 N–H and O–H groups in total. The Kier molecular flexibility index (Phi) is 7.04. The third-order valence-corrected chi connectivity index (χ3v) is 3.24. The van der Waals surface area contributed by atoms with Crippen LogP contribution in [0.15, 0.2) is 48.5 Å². The molecule has 0 spiro atoms. The first-order chi connectivity index (χ1) is 12.5. The van der Waals surface area contributed by atoms with Crippen molar-refractivity contribution in [2.75, 3.05) is 24.4 Å². The molecule has 138 valence electrons. The van der Waals surface area contributed by atoms with Crippen LogP contribution in [0.2, 0.25) is 0 Å². The molecule has 0 atom stereocenters. The molecule has 0 saturated heterocycles. The highest BCUT2D eigenvalue weighted by Gasteiger charge is 2.07. The average Bonchev–Trinajstić information content (AvgIpc) is 2.58. The first-order valence-electron chi connectivity index (χ1n) is 7.68. The van der Waals surface area contributed by atoms with E-state index in [-0.39, 0.29) is 30.6 Å². The summed E-state index contributed by atoms with van der Waals surface area (Å²) >= 11 is 0. The standard InChI is InChI=1S/C18H18F2N2O4/c1-25-11-17(24)22-14-6-4-13(5-7-14)21-16(23)10-12-2-8-15(9-3-12)26-18(19)20/h2-9,18H,10-11H2,1H3,(H,21,23)(H,22,24). The quantitative estimate of drug-likeness (QED) is 0.755. The number of amides is 2. The van der Waals surface area contributed by atoms with E-state index in [4.69, 9.17) is 4.74 Å². The number of methoxy groups -OCH3 is 1. The molecule has 0 saturated carbocycles. The number of carbonyl (C=O) groups is 2. The molecule has 0 unspecified atom stereocenters. The first-order valence-corrected chi connectivity index (χ1v) is 7.68. The normalized spacial score (nSPS) is 10.5. The van der Waals surface area contributed by atoms with Gasteiger partial charge >= 0.3 is 6.61 Å². The minimum atomic E-state index is -2.88. The fraction of sp³-hybridized carbons (Fsp3) is 0.222. The summed E-state index contributed by atoms with van der Waals surface area (Å²) < 4.78 is 33.2. The van der Waals surface area contributed by atoms with Crippen molar-refractivity contribution < 1.29 is 27.8 Å². The zero-order valence-corrected chi connectivity index (χ0v) is 14.0. The molecule has 0 aromatic heterocycles. The minimum Gasteiger partial charge on any atom is -0.435 e. The van der Waals surface area contributed by atoms with Gasteiger partial charge in [-0.3, -0.25) is 9.59 Å². The summed E-state index contributed by atoms with van der Waals surface area (Å²) in [5.41, 5.74) is 1.81. The summed E-state index contributed by atoms with van der Waals surface area (Å²) in [6.45, 7) is -2.92. The monoisotopic (exact) mass is 364 g/mol. The molecule has 2 aromatic carbocycles. The van der Waals surface area contributed by atoms with E-state index in [0.717, 1.165) is 0 Å². The van der Waals surface area contributed by atoms with Gasteiger partial charge in [0.1, 0.15) is 12.4 Å². The third kappa shape index (κ3) is 6.48. The van der Waals surface area contributed by atoms with Crippen molar-refractivity contribution in [1.29, 1.82) is 0 Å². The number of benzene rings is 2. The molecule has 8 heteroatoms. The Hall–Kier alpha value is -3.00. The van der Waals surface area contributed by atoms with Gasteiger partial charge in [-0.05, 0) is 42.0 Å². The maximum atomic E-state index is 12.1. The van der Waals surface area contributed by atoms with E-state index in [9.17, 15) is 18.4 Å². The Morgan fingerprint density at radius 3 is 1.96 bits per heavy atom. The molecule has 0 aliphatic carbocycles. The summed E-state index contributed by atoms with van der Waals surface area (Å²) in [5.74, 6) is -0.498. The summed E-state index contributed by atoms with van der Waals surface area (Å²) in [6, 6.07) is 12.5. The molecule has 2 aromatic rings. The van der Waals surface area contributed by atoms with Gasteiger partial charge in [-0.2, -0.15) is 8.78 Å². The lowest BCUT2D eigenvalue weighted by atomic mass is 10.1. The average molecular weight is 364 g/mol. The zero-order valence-electron chi connectivity index (χ0n) is 14.0. The second-order valence-electron chi connectivity index (χ2n) is 5.31. The number of alkyl halides is 2. The van der Waals surface area contributed by atoms with E-state index in [1.54, 1.807) is 36.4 Å². The minimum absolute atomic E-state index is 0.0373. The lowest BCUT2D eigenvalue weighted by Gasteiger charge is -2.08. The summed E-state index contributed by atoms with van der Waals surface area (Å²) in [5, 5.41) is 5.36. The van der Waals surface area contributed by atoms with Gasteiger partial charge in [0.15, 0.2) is 0 Å².